The first-order valence-corrected chi connectivity index (χ1v) is 12.1. The molecule has 3 aromatic carbocycles. The summed E-state index contributed by atoms with van der Waals surface area (Å²) in [5.41, 5.74) is 4.16. The summed E-state index contributed by atoms with van der Waals surface area (Å²) in [7, 11) is 2.99. The van der Waals surface area contributed by atoms with Crippen molar-refractivity contribution in [2.75, 3.05) is 20.8 Å². The number of halogens is 1. The standard InChI is InChI=1S/C28H29ClN2O7/c1-6-36-26-14-19(16-30-31-27(32)18(3)37-22-12-9-21(29)13-17(22)2)7-10-24(26)38-28(33)20-8-11-23(34-4)25(15-20)35-5/h7-16,18H,6H2,1-5H3,(H,31,32)/b30-16+. The van der Waals surface area contributed by atoms with Gasteiger partial charge < -0.3 is 23.7 Å². The number of esters is 1. The van der Waals surface area contributed by atoms with Crippen LogP contribution in [-0.2, 0) is 4.79 Å². The molecule has 0 aliphatic heterocycles. The number of nitrogens with zero attached hydrogens (tertiary/aromatic N) is 1. The minimum atomic E-state index is -0.788. The molecule has 9 nitrogen and oxygen atoms in total. The first-order chi connectivity index (χ1) is 18.2. The zero-order chi connectivity index (χ0) is 27.7. The van der Waals surface area contributed by atoms with Crippen molar-refractivity contribution in [1.29, 1.82) is 0 Å². The molecule has 10 heteroatoms. The molecule has 0 fully saturated rings. The van der Waals surface area contributed by atoms with Gasteiger partial charge >= 0.3 is 5.97 Å². The number of ether oxygens (including phenoxy) is 5. The van der Waals surface area contributed by atoms with Gasteiger partial charge in [-0.15, -0.1) is 0 Å². The van der Waals surface area contributed by atoms with E-state index in [0.29, 0.717) is 40.2 Å². The second kappa shape index (κ2) is 13.3. The molecule has 0 saturated carbocycles. The topological polar surface area (TPSA) is 105 Å². The maximum atomic E-state index is 12.7. The molecular weight excluding hydrogens is 512 g/mol. The van der Waals surface area contributed by atoms with Crippen molar-refractivity contribution in [3.63, 3.8) is 0 Å². The quantitative estimate of drug-likeness (QED) is 0.154. The van der Waals surface area contributed by atoms with Crippen LogP contribution in [0.1, 0.15) is 35.3 Å². The number of rotatable bonds is 11. The lowest BCUT2D eigenvalue weighted by molar-refractivity contribution is -0.127. The van der Waals surface area contributed by atoms with Crippen LogP contribution >= 0.6 is 11.6 Å². The normalized spacial score (nSPS) is 11.5. The Kier molecular flexibility index (Phi) is 9.95. The van der Waals surface area contributed by atoms with Gasteiger partial charge in [0, 0.05) is 5.02 Å². The Hall–Kier alpha value is -4.24. The summed E-state index contributed by atoms with van der Waals surface area (Å²) < 4.78 is 27.4. The summed E-state index contributed by atoms with van der Waals surface area (Å²) in [6.07, 6.45) is 0.657. The van der Waals surface area contributed by atoms with Crippen LogP contribution in [0.3, 0.4) is 0 Å². The third-order valence-electron chi connectivity index (χ3n) is 5.29. The summed E-state index contributed by atoms with van der Waals surface area (Å²) in [6.45, 7) is 5.62. The van der Waals surface area contributed by atoms with Crippen molar-refractivity contribution >= 4 is 29.7 Å². The molecule has 0 bridgehead atoms. The summed E-state index contributed by atoms with van der Waals surface area (Å²) in [5.74, 6) is 1.01. The van der Waals surface area contributed by atoms with E-state index in [1.54, 1.807) is 55.5 Å². The third kappa shape index (κ3) is 7.39. The predicted molar refractivity (Wildman–Crippen MR) is 144 cm³/mol. The summed E-state index contributed by atoms with van der Waals surface area (Å²) >= 11 is 5.96. The molecule has 38 heavy (non-hydrogen) atoms. The highest BCUT2D eigenvalue weighted by atomic mass is 35.5. The van der Waals surface area contributed by atoms with Crippen molar-refractivity contribution in [2.24, 2.45) is 5.10 Å². The van der Waals surface area contributed by atoms with Crippen molar-refractivity contribution < 1.29 is 33.3 Å². The third-order valence-corrected chi connectivity index (χ3v) is 5.52. The van der Waals surface area contributed by atoms with Gasteiger partial charge in [-0.05, 0) is 86.5 Å². The van der Waals surface area contributed by atoms with Crippen LogP contribution < -0.4 is 29.1 Å². The van der Waals surface area contributed by atoms with Gasteiger partial charge in [0.1, 0.15) is 5.75 Å². The van der Waals surface area contributed by atoms with Crippen LogP contribution in [0.25, 0.3) is 0 Å². The monoisotopic (exact) mass is 540 g/mol. The van der Waals surface area contributed by atoms with Crippen LogP contribution in [0.15, 0.2) is 59.7 Å². The number of hydrogen-bond acceptors (Lipinski definition) is 8. The number of amides is 1. The zero-order valence-electron chi connectivity index (χ0n) is 21.7. The molecule has 1 unspecified atom stereocenters. The van der Waals surface area contributed by atoms with Crippen molar-refractivity contribution in [1.82, 2.24) is 5.43 Å². The average molecular weight is 541 g/mol. The zero-order valence-corrected chi connectivity index (χ0v) is 22.5. The Balaban J connectivity index is 1.66. The smallest absolute Gasteiger partial charge is 0.343 e. The number of nitrogens with one attached hydrogen (secondary N) is 1. The Morgan fingerprint density at radius 1 is 0.947 bits per heavy atom. The van der Waals surface area contributed by atoms with E-state index in [-0.39, 0.29) is 11.3 Å². The van der Waals surface area contributed by atoms with E-state index in [4.69, 9.17) is 35.3 Å². The van der Waals surface area contributed by atoms with Gasteiger partial charge in [-0.1, -0.05) is 11.6 Å². The molecule has 1 atom stereocenters. The van der Waals surface area contributed by atoms with Crippen molar-refractivity contribution in [3.8, 4) is 28.7 Å². The first-order valence-electron chi connectivity index (χ1n) is 11.7. The van der Waals surface area contributed by atoms with Gasteiger partial charge in [0.05, 0.1) is 32.6 Å². The van der Waals surface area contributed by atoms with Crippen molar-refractivity contribution in [2.45, 2.75) is 26.9 Å². The van der Waals surface area contributed by atoms with Gasteiger partial charge in [-0.2, -0.15) is 5.10 Å². The lowest BCUT2D eigenvalue weighted by atomic mass is 10.2. The molecule has 0 aliphatic rings. The first kappa shape index (κ1) is 28.3. The Bertz CT molecular complexity index is 1330. The van der Waals surface area contributed by atoms with E-state index in [9.17, 15) is 9.59 Å². The van der Waals surface area contributed by atoms with Crippen LogP contribution in [-0.4, -0.2) is 45.0 Å². The highest BCUT2D eigenvalue weighted by Gasteiger charge is 2.17. The van der Waals surface area contributed by atoms with E-state index in [1.807, 2.05) is 13.8 Å². The largest absolute Gasteiger partial charge is 0.493 e. The van der Waals surface area contributed by atoms with Gasteiger partial charge in [0.2, 0.25) is 0 Å². The number of hydrazone groups is 1. The molecular formula is C28H29ClN2O7. The lowest BCUT2D eigenvalue weighted by Crippen LogP contribution is -2.33. The molecule has 3 aromatic rings. The second-order valence-corrected chi connectivity index (χ2v) is 8.44. The molecule has 0 aliphatic carbocycles. The number of hydrogen-bond donors (Lipinski definition) is 1. The fourth-order valence-corrected chi connectivity index (χ4v) is 3.56. The maximum absolute atomic E-state index is 12.7. The minimum Gasteiger partial charge on any atom is -0.493 e. The van der Waals surface area contributed by atoms with Gasteiger partial charge in [0.15, 0.2) is 29.1 Å². The molecule has 0 aromatic heterocycles. The van der Waals surface area contributed by atoms with Crippen LogP contribution in [0.2, 0.25) is 5.02 Å². The van der Waals surface area contributed by atoms with E-state index in [0.717, 1.165) is 5.56 Å². The molecule has 200 valence electrons. The van der Waals surface area contributed by atoms with Crippen molar-refractivity contribution in [3.05, 3.63) is 76.3 Å². The van der Waals surface area contributed by atoms with Crippen LogP contribution in [0.5, 0.6) is 28.7 Å². The molecule has 1 amide bonds. The van der Waals surface area contributed by atoms with E-state index in [2.05, 4.69) is 10.5 Å². The Morgan fingerprint density at radius 2 is 1.66 bits per heavy atom. The molecule has 0 spiro atoms. The van der Waals surface area contributed by atoms with Gasteiger partial charge in [-0.25, -0.2) is 10.2 Å². The molecule has 3 rings (SSSR count). The van der Waals surface area contributed by atoms with E-state index < -0.39 is 18.0 Å². The number of methoxy groups -OCH3 is 2. The van der Waals surface area contributed by atoms with E-state index in [1.165, 1.54) is 26.5 Å². The highest BCUT2D eigenvalue weighted by molar-refractivity contribution is 6.30. The SMILES string of the molecule is CCOc1cc(/C=N/NC(=O)C(C)Oc2ccc(Cl)cc2C)ccc1OC(=O)c1ccc(OC)c(OC)c1. The summed E-state index contributed by atoms with van der Waals surface area (Å²) in [6, 6.07) is 14.8. The second-order valence-electron chi connectivity index (χ2n) is 8.00. The average Bonchev–Trinajstić information content (AvgIpc) is 2.91. The number of benzene rings is 3. The fourth-order valence-electron chi connectivity index (χ4n) is 3.33. The van der Waals surface area contributed by atoms with Crippen LogP contribution in [0.4, 0.5) is 0 Å². The molecule has 0 heterocycles. The van der Waals surface area contributed by atoms with Gasteiger partial charge in [0.25, 0.3) is 5.91 Å². The predicted octanol–water partition coefficient (Wildman–Crippen LogP) is 5.20. The number of carbonyl (C=O) groups excluding carboxylic acids is 2. The minimum absolute atomic E-state index is 0.230. The Morgan fingerprint density at radius 3 is 2.34 bits per heavy atom. The van der Waals surface area contributed by atoms with Gasteiger partial charge in [-0.3, -0.25) is 4.79 Å². The summed E-state index contributed by atoms with van der Waals surface area (Å²) in [5, 5.41) is 4.59. The fraction of sp³-hybridized carbons (Fsp3) is 0.250. The number of aryl methyl sites for hydroxylation is 1. The van der Waals surface area contributed by atoms with E-state index >= 15 is 0 Å². The summed E-state index contributed by atoms with van der Waals surface area (Å²) in [4.78, 5) is 25.1. The Labute approximate surface area is 226 Å². The maximum Gasteiger partial charge on any atom is 0.343 e. The molecule has 1 N–H and O–H groups in total. The van der Waals surface area contributed by atoms with Crippen LogP contribution in [0, 0.1) is 6.92 Å². The lowest BCUT2D eigenvalue weighted by Gasteiger charge is -2.15. The molecule has 0 saturated heterocycles. The number of carbonyl (C=O) groups is 2. The highest BCUT2D eigenvalue weighted by Crippen LogP contribution is 2.31. The molecule has 0 radical (unpaired) electrons.